The predicted octanol–water partition coefficient (Wildman–Crippen LogP) is 5.24. The van der Waals surface area contributed by atoms with Crippen LogP contribution in [0.5, 0.6) is 0 Å². The number of aromatic nitrogens is 2. The van der Waals surface area contributed by atoms with Crippen LogP contribution in [-0.2, 0) is 17.6 Å². The minimum atomic E-state index is -0.447. The van der Waals surface area contributed by atoms with Crippen molar-refractivity contribution in [2.24, 2.45) is 5.73 Å². The average Bonchev–Trinajstić information content (AvgIpc) is 3.35. The molecule has 2 aromatic carbocycles. The van der Waals surface area contributed by atoms with Gasteiger partial charge in [0.2, 0.25) is 5.91 Å². The summed E-state index contributed by atoms with van der Waals surface area (Å²) in [5.74, 6) is -0.357. The number of carbonyl (C=O) groups excluding carboxylic acids is 2. The van der Waals surface area contributed by atoms with Crippen LogP contribution in [0.15, 0.2) is 59.1 Å². The zero-order chi connectivity index (χ0) is 22.0. The molecule has 0 aliphatic rings. The Balaban J connectivity index is 1.73. The number of aromatic amines is 1. The molecule has 4 aromatic rings. The first-order chi connectivity index (χ1) is 15.0. The summed E-state index contributed by atoms with van der Waals surface area (Å²) in [6.45, 7) is 3.97. The molecule has 1 atom stereocenters. The number of thioether (sulfide) groups is 1. The molecule has 0 spiro atoms. The third kappa shape index (κ3) is 4.43. The molecule has 4 rings (SSSR count). The molecule has 0 bridgehead atoms. The Hall–Kier alpha value is -2.90. The second kappa shape index (κ2) is 9.08. The number of nitrogens with two attached hydrogens (primary N) is 1. The lowest BCUT2D eigenvalue weighted by atomic mass is 10.0. The normalized spacial score (nSPS) is 12.2. The van der Waals surface area contributed by atoms with Crippen LogP contribution in [0.3, 0.4) is 0 Å². The largest absolute Gasteiger partial charge is 0.369 e. The van der Waals surface area contributed by atoms with Crippen molar-refractivity contribution in [3.63, 3.8) is 0 Å². The monoisotopic (exact) mass is 449 g/mol. The van der Waals surface area contributed by atoms with Crippen LogP contribution in [0, 0.1) is 6.92 Å². The highest BCUT2D eigenvalue weighted by Gasteiger charge is 2.27. The van der Waals surface area contributed by atoms with Crippen molar-refractivity contribution in [1.29, 1.82) is 0 Å². The van der Waals surface area contributed by atoms with E-state index < -0.39 is 5.25 Å². The van der Waals surface area contributed by atoms with E-state index in [-0.39, 0.29) is 18.1 Å². The fourth-order valence-corrected chi connectivity index (χ4v) is 6.13. The van der Waals surface area contributed by atoms with E-state index in [0.717, 1.165) is 37.8 Å². The quantitative estimate of drug-likeness (QED) is 0.284. The Morgan fingerprint density at radius 3 is 2.65 bits per heavy atom. The summed E-state index contributed by atoms with van der Waals surface area (Å²) in [4.78, 5) is 33.8. The smallest absolute Gasteiger partial charge is 0.222 e. The number of ketones is 1. The zero-order valence-corrected chi connectivity index (χ0v) is 19.0. The minimum absolute atomic E-state index is 0.0278. The molecule has 0 radical (unpaired) electrons. The second-order valence-corrected chi connectivity index (χ2v) is 9.74. The van der Waals surface area contributed by atoms with Gasteiger partial charge in [0.1, 0.15) is 5.25 Å². The van der Waals surface area contributed by atoms with Crippen molar-refractivity contribution in [3.8, 4) is 0 Å². The summed E-state index contributed by atoms with van der Waals surface area (Å²) < 4.78 is 0.755. The first kappa shape index (κ1) is 21.3. The molecule has 2 heterocycles. The van der Waals surface area contributed by atoms with Crippen molar-refractivity contribution >= 4 is 45.7 Å². The summed E-state index contributed by atoms with van der Waals surface area (Å²) >= 11 is 2.85. The minimum Gasteiger partial charge on any atom is -0.369 e. The van der Waals surface area contributed by atoms with Gasteiger partial charge in [-0.1, -0.05) is 67.2 Å². The fraction of sp³-hybridized carbons (Fsp3) is 0.208. The number of hydrogen-bond acceptors (Lipinski definition) is 5. The van der Waals surface area contributed by atoms with E-state index in [1.165, 1.54) is 28.7 Å². The number of thiazole rings is 1. The summed E-state index contributed by atoms with van der Waals surface area (Å²) in [6, 6.07) is 15.8. The van der Waals surface area contributed by atoms with Gasteiger partial charge in [-0.05, 0) is 24.5 Å². The molecule has 31 heavy (non-hydrogen) atoms. The molecule has 2 aromatic heterocycles. The number of carbonyl (C=O) groups is 2. The number of nitrogens with zero attached hydrogens (tertiary/aromatic N) is 1. The van der Waals surface area contributed by atoms with Crippen LogP contribution < -0.4 is 5.73 Å². The van der Waals surface area contributed by atoms with Gasteiger partial charge < -0.3 is 10.7 Å². The summed E-state index contributed by atoms with van der Waals surface area (Å²) in [5.41, 5.74) is 9.94. The molecule has 0 fully saturated rings. The molecule has 0 saturated carbocycles. The molecule has 7 heteroatoms. The predicted molar refractivity (Wildman–Crippen MR) is 127 cm³/mol. The Morgan fingerprint density at radius 2 is 1.94 bits per heavy atom. The van der Waals surface area contributed by atoms with Gasteiger partial charge in [-0.3, -0.25) is 9.59 Å². The third-order valence-corrected chi connectivity index (χ3v) is 7.72. The number of primary amides is 1. The van der Waals surface area contributed by atoms with Gasteiger partial charge in [-0.25, -0.2) is 4.98 Å². The SMILES string of the molecule is CCc1cccc2c(C(=O)[C@H](Sc3nc(C)c(CC(N)=O)s3)c3ccccc3)c[nH]c12. The van der Waals surface area contributed by atoms with Gasteiger partial charge >= 0.3 is 0 Å². The van der Waals surface area contributed by atoms with Crippen LogP contribution in [0.1, 0.15) is 44.2 Å². The van der Waals surface area contributed by atoms with E-state index >= 15 is 0 Å². The summed E-state index contributed by atoms with van der Waals surface area (Å²) in [6.07, 6.45) is 2.87. The lowest BCUT2D eigenvalue weighted by Crippen LogP contribution is -2.13. The molecule has 0 unspecified atom stereocenters. The maximum Gasteiger partial charge on any atom is 0.222 e. The molecular weight excluding hydrogens is 426 g/mol. The van der Waals surface area contributed by atoms with E-state index in [9.17, 15) is 9.59 Å². The fourth-order valence-electron chi connectivity index (χ4n) is 3.63. The second-order valence-electron chi connectivity index (χ2n) is 7.30. The molecule has 1 amide bonds. The van der Waals surface area contributed by atoms with E-state index in [1.54, 1.807) is 0 Å². The van der Waals surface area contributed by atoms with Gasteiger partial charge in [0.05, 0.1) is 12.1 Å². The lowest BCUT2D eigenvalue weighted by Gasteiger charge is -2.14. The Bertz CT molecular complexity index is 1240. The van der Waals surface area contributed by atoms with Crippen molar-refractivity contribution in [2.75, 3.05) is 0 Å². The zero-order valence-electron chi connectivity index (χ0n) is 17.3. The number of benzene rings is 2. The topological polar surface area (TPSA) is 88.8 Å². The highest BCUT2D eigenvalue weighted by molar-refractivity contribution is 8.01. The number of para-hydroxylation sites is 1. The Kier molecular flexibility index (Phi) is 6.25. The van der Waals surface area contributed by atoms with Crippen LogP contribution >= 0.6 is 23.1 Å². The van der Waals surface area contributed by atoms with Gasteiger partial charge in [0, 0.05) is 27.5 Å². The number of rotatable bonds is 8. The van der Waals surface area contributed by atoms with E-state index in [4.69, 9.17) is 5.73 Å². The number of nitrogens with one attached hydrogen (secondary N) is 1. The standard InChI is InChI=1S/C24H23N3O2S2/c1-3-15-10-7-11-17-18(13-26-21(15)17)22(29)23(16-8-5-4-6-9-16)31-24-27-14(2)19(30-24)12-20(25)28/h4-11,13,23,26H,3,12H2,1-2H3,(H2,25,28)/t23-/m1/s1. The van der Waals surface area contributed by atoms with Gasteiger partial charge in [-0.2, -0.15) is 0 Å². The van der Waals surface area contributed by atoms with Gasteiger partial charge in [-0.15, -0.1) is 11.3 Å². The number of Topliss-reactive ketones (excluding diaryl/α,β-unsaturated/α-hetero) is 1. The number of hydrogen-bond donors (Lipinski definition) is 2. The Morgan fingerprint density at radius 1 is 1.16 bits per heavy atom. The van der Waals surface area contributed by atoms with Crippen LogP contribution in [0.2, 0.25) is 0 Å². The number of fused-ring (bicyclic) bond motifs is 1. The van der Waals surface area contributed by atoms with Crippen LogP contribution in [0.4, 0.5) is 0 Å². The molecule has 5 nitrogen and oxygen atoms in total. The number of H-pyrrole nitrogens is 1. The highest BCUT2D eigenvalue weighted by Crippen LogP contribution is 2.41. The maximum absolute atomic E-state index is 13.8. The van der Waals surface area contributed by atoms with E-state index in [0.29, 0.717) is 5.56 Å². The van der Waals surface area contributed by atoms with Crippen molar-refractivity contribution in [1.82, 2.24) is 9.97 Å². The third-order valence-electron chi connectivity index (χ3n) is 5.22. The molecule has 158 valence electrons. The van der Waals surface area contributed by atoms with Crippen LogP contribution in [0.25, 0.3) is 10.9 Å². The summed E-state index contributed by atoms with van der Waals surface area (Å²) in [5, 5.41) is 0.494. The molecule has 3 N–H and O–H groups in total. The number of aryl methyl sites for hydroxylation is 2. The van der Waals surface area contributed by atoms with Crippen LogP contribution in [-0.4, -0.2) is 21.7 Å². The maximum atomic E-state index is 13.8. The average molecular weight is 450 g/mol. The van der Waals surface area contributed by atoms with Crippen molar-refractivity contribution in [2.45, 2.75) is 36.3 Å². The molecule has 0 aliphatic heterocycles. The molecule has 0 saturated heterocycles. The van der Waals surface area contributed by atoms with Crippen molar-refractivity contribution in [3.05, 3.63) is 82.0 Å². The first-order valence-electron chi connectivity index (χ1n) is 10.1. The van der Waals surface area contributed by atoms with Crippen molar-refractivity contribution < 1.29 is 9.59 Å². The van der Waals surface area contributed by atoms with E-state index in [2.05, 4.69) is 23.0 Å². The molecule has 0 aliphatic carbocycles. The van der Waals surface area contributed by atoms with Gasteiger partial charge in [0.25, 0.3) is 0 Å². The number of amides is 1. The lowest BCUT2D eigenvalue weighted by molar-refractivity contribution is -0.117. The Labute approximate surface area is 189 Å². The van der Waals surface area contributed by atoms with Gasteiger partial charge in [0.15, 0.2) is 10.1 Å². The summed E-state index contributed by atoms with van der Waals surface area (Å²) in [7, 11) is 0. The first-order valence-corrected chi connectivity index (χ1v) is 11.8. The highest BCUT2D eigenvalue weighted by atomic mass is 32.2. The van der Waals surface area contributed by atoms with E-state index in [1.807, 2.05) is 55.6 Å². The molecular formula is C24H23N3O2S2.